The first kappa shape index (κ1) is 13.9. The highest BCUT2D eigenvalue weighted by atomic mass is 15.2. The smallest absolute Gasteiger partial charge is 0.128 e. The minimum Gasteiger partial charge on any atom is -0.363 e. The van der Waals surface area contributed by atoms with E-state index in [1.54, 1.807) is 12.4 Å². The molecule has 21 heavy (non-hydrogen) atoms. The zero-order chi connectivity index (χ0) is 14.7. The molecule has 3 rings (SSSR count). The van der Waals surface area contributed by atoms with E-state index >= 15 is 0 Å². The Kier molecular flexibility index (Phi) is 4.10. The van der Waals surface area contributed by atoms with Crippen molar-refractivity contribution >= 4 is 5.82 Å². The third kappa shape index (κ3) is 3.19. The van der Waals surface area contributed by atoms with Gasteiger partial charge in [0.05, 0.1) is 5.69 Å². The van der Waals surface area contributed by atoms with Crippen LogP contribution in [0.2, 0.25) is 0 Å². The molecule has 1 saturated heterocycles. The minimum atomic E-state index is 0.453. The summed E-state index contributed by atoms with van der Waals surface area (Å²) in [4.78, 5) is 17.5. The van der Waals surface area contributed by atoms with Crippen molar-refractivity contribution in [3.05, 3.63) is 48.2 Å². The van der Waals surface area contributed by atoms with Gasteiger partial charge < -0.3 is 4.90 Å². The van der Waals surface area contributed by atoms with Gasteiger partial charge in [0.15, 0.2) is 0 Å². The summed E-state index contributed by atoms with van der Waals surface area (Å²) in [5.74, 6) is 1.01. The van der Waals surface area contributed by atoms with Gasteiger partial charge in [0, 0.05) is 51.5 Å². The summed E-state index contributed by atoms with van der Waals surface area (Å²) in [7, 11) is 4.05. The Morgan fingerprint density at radius 3 is 2.90 bits per heavy atom. The first-order valence-electron chi connectivity index (χ1n) is 7.36. The monoisotopic (exact) mass is 283 g/mol. The van der Waals surface area contributed by atoms with Gasteiger partial charge in [0.2, 0.25) is 0 Å². The molecule has 0 radical (unpaired) electrons. The van der Waals surface area contributed by atoms with E-state index in [0.29, 0.717) is 6.04 Å². The maximum absolute atomic E-state index is 4.40. The van der Waals surface area contributed by atoms with Crippen LogP contribution >= 0.6 is 0 Å². The second-order valence-corrected chi connectivity index (χ2v) is 5.67. The third-order valence-corrected chi connectivity index (χ3v) is 3.96. The van der Waals surface area contributed by atoms with Crippen molar-refractivity contribution in [2.75, 3.05) is 25.5 Å². The Balaban J connectivity index is 1.79. The molecule has 1 atom stereocenters. The molecule has 0 N–H and O–H groups in total. The van der Waals surface area contributed by atoms with Gasteiger partial charge in [0.1, 0.15) is 5.82 Å². The van der Waals surface area contributed by atoms with Gasteiger partial charge >= 0.3 is 0 Å². The van der Waals surface area contributed by atoms with Crippen molar-refractivity contribution in [2.45, 2.75) is 25.4 Å². The number of hydrogen-bond donors (Lipinski definition) is 0. The average molecular weight is 283 g/mol. The molecule has 1 unspecified atom stereocenters. The Morgan fingerprint density at radius 2 is 2.14 bits per heavy atom. The highest BCUT2D eigenvalue weighted by Gasteiger charge is 2.26. The van der Waals surface area contributed by atoms with Crippen LogP contribution in [-0.2, 0) is 6.54 Å². The maximum Gasteiger partial charge on any atom is 0.128 e. The molecular formula is C16H21N5. The number of nitrogens with zero attached hydrogens (tertiary/aromatic N) is 5. The van der Waals surface area contributed by atoms with Crippen LogP contribution < -0.4 is 4.90 Å². The molecule has 0 amide bonds. The van der Waals surface area contributed by atoms with E-state index in [-0.39, 0.29) is 0 Å². The number of rotatable bonds is 4. The fourth-order valence-corrected chi connectivity index (χ4v) is 2.90. The maximum atomic E-state index is 4.40. The van der Waals surface area contributed by atoms with Gasteiger partial charge in [-0.15, -0.1) is 0 Å². The molecule has 110 valence electrons. The molecule has 0 aliphatic carbocycles. The SMILES string of the molecule is CN(C)c1cc(C2CCCN2Cc2cnccn2)ccn1. The summed E-state index contributed by atoms with van der Waals surface area (Å²) >= 11 is 0. The van der Waals surface area contributed by atoms with Crippen molar-refractivity contribution in [1.82, 2.24) is 19.9 Å². The standard InChI is InChI=1S/C16H21N5/c1-20(2)16-10-13(5-6-19-16)15-4-3-9-21(15)12-14-11-17-7-8-18-14/h5-8,10-11,15H,3-4,9,12H2,1-2H3. The molecule has 1 fully saturated rings. The summed E-state index contributed by atoms with van der Waals surface area (Å²) in [5.41, 5.74) is 2.38. The van der Waals surface area contributed by atoms with Crippen LogP contribution in [0.5, 0.6) is 0 Å². The Labute approximate surface area is 125 Å². The van der Waals surface area contributed by atoms with Crippen LogP contribution in [0.1, 0.15) is 30.1 Å². The molecular weight excluding hydrogens is 262 g/mol. The molecule has 2 aromatic rings. The minimum absolute atomic E-state index is 0.453. The van der Waals surface area contributed by atoms with Gasteiger partial charge in [-0.3, -0.25) is 14.9 Å². The Hall–Kier alpha value is -2.01. The fourth-order valence-electron chi connectivity index (χ4n) is 2.90. The molecule has 3 heterocycles. The fraction of sp³-hybridized carbons (Fsp3) is 0.438. The zero-order valence-corrected chi connectivity index (χ0v) is 12.6. The lowest BCUT2D eigenvalue weighted by Crippen LogP contribution is -2.23. The van der Waals surface area contributed by atoms with Gasteiger partial charge in [-0.2, -0.15) is 0 Å². The van der Waals surface area contributed by atoms with Crippen LogP contribution in [0.25, 0.3) is 0 Å². The van der Waals surface area contributed by atoms with Gasteiger partial charge in [-0.1, -0.05) is 0 Å². The number of hydrogen-bond acceptors (Lipinski definition) is 5. The highest BCUT2D eigenvalue weighted by Crippen LogP contribution is 2.33. The molecule has 0 aromatic carbocycles. The lowest BCUT2D eigenvalue weighted by Gasteiger charge is -2.25. The molecule has 1 aliphatic heterocycles. The molecule has 1 aliphatic rings. The summed E-state index contributed by atoms with van der Waals surface area (Å²) in [6.45, 7) is 1.97. The molecule has 0 spiro atoms. The number of pyridine rings is 1. The van der Waals surface area contributed by atoms with Gasteiger partial charge in [-0.25, -0.2) is 4.98 Å². The first-order chi connectivity index (χ1) is 10.2. The molecule has 0 bridgehead atoms. The Morgan fingerprint density at radius 1 is 1.24 bits per heavy atom. The van der Waals surface area contributed by atoms with Crippen LogP contribution in [0.3, 0.4) is 0 Å². The first-order valence-corrected chi connectivity index (χ1v) is 7.36. The van der Waals surface area contributed by atoms with Crippen LogP contribution in [0.15, 0.2) is 36.9 Å². The lowest BCUT2D eigenvalue weighted by molar-refractivity contribution is 0.245. The lowest BCUT2D eigenvalue weighted by atomic mass is 10.1. The van der Waals surface area contributed by atoms with E-state index < -0.39 is 0 Å². The van der Waals surface area contributed by atoms with Crippen molar-refractivity contribution < 1.29 is 0 Å². The van der Waals surface area contributed by atoms with E-state index in [9.17, 15) is 0 Å². The highest BCUT2D eigenvalue weighted by molar-refractivity contribution is 5.40. The second-order valence-electron chi connectivity index (χ2n) is 5.67. The zero-order valence-electron chi connectivity index (χ0n) is 12.6. The predicted molar refractivity (Wildman–Crippen MR) is 83.0 cm³/mol. The third-order valence-electron chi connectivity index (χ3n) is 3.96. The van der Waals surface area contributed by atoms with Gasteiger partial charge in [0.25, 0.3) is 0 Å². The normalized spacial score (nSPS) is 18.9. The van der Waals surface area contributed by atoms with E-state index in [0.717, 1.165) is 24.6 Å². The summed E-state index contributed by atoms with van der Waals surface area (Å²) in [6.07, 6.45) is 9.66. The van der Waals surface area contributed by atoms with Crippen molar-refractivity contribution in [2.24, 2.45) is 0 Å². The topological polar surface area (TPSA) is 45.2 Å². The quantitative estimate of drug-likeness (QED) is 0.861. The van der Waals surface area contributed by atoms with Crippen LogP contribution in [0.4, 0.5) is 5.82 Å². The van der Waals surface area contributed by atoms with E-state index in [1.807, 2.05) is 31.4 Å². The summed E-state index contributed by atoms with van der Waals surface area (Å²) in [6, 6.07) is 4.78. The number of likely N-dealkylation sites (tertiary alicyclic amines) is 1. The van der Waals surface area contributed by atoms with Gasteiger partial charge in [-0.05, 0) is 37.1 Å². The van der Waals surface area contributed by atoms with Crippen molar-refractivity contribution in [1.29, 1.82) is 0 Å². The predicted octanol–water partition coefficient (Wildman–Crippen LogP) is 2.27. The average Bonchev–Trinajstić information content (AvgIpc) is 2.96. The summed E-state index contributed by atoms with van der Waals surface area (Å²) < 4.78 is 0. The summed E-state index contributed by atoms with van der Waals surface area (Å²) in [5, 5.41) is 0. The van der Waals surface area contributed by atoms with E-state index in [4.69, 9.17) is 0 Å². The van der Waals surface area contributed by atoms with Crippen LogP contribution in [0, 0.1) is 0 Å². The second kappa shape index (κ2) is 6.18. The van der Waals surface area contributed by atoms with E-state index in [1.165, 1.54) is 18.4 Å². The number of anilines is 1. The molecule has 5 nitrogen and oxygen atoms in total. The van der Waals surface area contributed by atoms with Crippen molar-refractivity contribution in [3.63, 3.8) is 0 Å². The molecule has 2 aromatic heterocycles. The largest absolute Gasteiger partial charge is 0.363 e. The molecule has 0 saturated carbocycles. The molecule has 5 heteroatoms. The van der Waals surface area contributed by atoms with E-state index in [2.05, 4.69) is 32.0 Å². The number of aromatic nitrogens is 3. The Bertz CT molecular complexity index is 584. The van der Waals surface area contributed by atoms with Crippen LogP contribution in [-0.4, -0.2) is 40.5 Å². The van der Waals surface area contributed by atoms with Crippen molar-refractivity contribution in [3.8, 4) is 0 Å².